The zero-order valence-electron chi connectivity index (χ0n) is 10.4. The first-order valence-corrected chi connectivity index (χ1v) is 6.00. The molecule has 1 aromatic heterocycles. The Morgan fingerprint density at radius 3 is 2.56 bits per heavy atom. The first-order chi connectivity index (χ1) is 7.71. The molecule has 1 aromatic rings. The third kappa shape index (κ3) is 3.36. The van der Waals surface area contributed by atoms with Gasteiger partial charge in [-0.2, -0.15) is 0 Å². The molecule has 0 saturated carbocycles. The van der Waals surface area contributed by atoms with Crippen molar-refractivity contribution in [3.8, 4) is 0 Å². The first-order valence-electron chi connectivity index (χ1n) is 6.00. The van der Waals surface area contributed by atoms with Gasteiger partial charge in [-0.15, -0.1) is 0 Å². The van der Waals surface area contributed by atoms with Gasteiger partial charge in [-0.05, 0) is 12.8 Å². The summed E-state index contributed by atoms with van der Waals surface area (Å²) >= 11 is 0. The maximum Gasteiger partial charge on any atom is 0.252 e. The second-order valence-corrected chi connectivity index (χ2v) is 3.99. The molecule has 0 spiro atoms. The summed E-state index contributed by atoms with van der Waals surface area (Å²) in [7, 11) is 0. The van der Waals surface area contributed by atoms with E-state index in [4.69, 9.17) is 0 Å². The van der Waals surface area contributed by atoms with Crippen LogP contribution in [-0.2, 0) is 0 Å². The van der Waals surface area contributed by atoms with Gasteiger partial charge < -0.3 is 9.88 Å². The minimum Gasteiger partial charge on any atom is -0.356 e. The highest BCUT2D eigenvalue weighted by atomic mass is 16.1. The number of H-pyrrole nitrogens is 1. The van der Waals surface area contributed by atoms with E-state index < -0.39 is 0 Å². The number of rotatable bonds is 6. The Kier molecular flexibility index (Phi) is 5.02. The van der Waals surface area contributed by atoms with E-state index in [2.05, 4.69) is 35.6 Å². The summed E-state index contributed by atoms with van der Waals surface area (Å²) in [5.74, 6) is 1.44. The summed E-state index contributed by atoms with van der Waals surface area (Å²) in [5, 5.41) is 0. The van der Waals surface area contributed by atoms with Crippen molar-refractivity contribution >= 4 is 5.82 Å². The average molecular weight is 223 g/mol. The monoisotopic (exact) mass is 223 g/mol. The Balaban J connectivity index is 2.78. The van der Waals surface area contributed by atoms with Gasteiger partial charge >= 0.3 is 0 Å². The molecule has 4 heteroatoms. The standard InChI is InChI=1S/C12H21N3O/c1-4-10(5-2)8-15(6-3)11-7-12(16)14-9-13-11/h7,9-10H,4-6,8H2,1-3H3,(H,13,14,16). The van der Waals surface area contributed by atoms with Gasteiger partial charge in [0.05, 0.1) is 6.33 Å². The van der Waals surface area contributed by atoms with E-state index in [1.807, 2.05) is 0 Å². The maximum atomic E-state index is 11.2. The molecule has 16 heavy (non-hydrogen) atoms. The Morgan fingerprint density at radius 1 is 1.38 bits per heavy atom. The van der Waals surface area contributed by atoms with Crippen LogP contribution >= 0.6 is 0 Å². The highest BCUT2D eigenvalue weighted by Crippen LogP contribution is 2.14. The molecular weight excluding hydrogens is 202 g/mol. The van der Waals surface area contributed by atoms with Gasteiger partial charge in [0, 0.05) is 19.2 Å². The third-order valence-corrected chi connectivity index (χ3v) is 3.00. The Labute approximate surface area is 96.7 Å². The number of hydrogen-bond donors (Lipinski definition) is 1. The summed E-state index contributed by atoms with van der Waals surface area (Å²) < 4.78 is 0. The van der Waals surface area contributed by atoms with Crippen molar-refractivity contribution in [3.05, 3.63) is 22.7 Å². The molecule has 4 nitrogen and oxygen atoms in total. The molecule has 1 N–H and O–H groups in total. The molecule has 0 fully saturated rings. The van der Waals surface area contributed by atoms with Gasteiger partial charge in [-0.25, -0.2) is 4.98 Å². The Hall–Kier alpha value is -1.32. The first kappa shape index (κ1) is 12.7. The van der Waals surface area contributed by atoms with Crippen molar-refractivity contribution in [1.29, 1.82) is 0 Å². The lowest BCUT2D eigenvalue weighted by atomic mass is 10.0. The van der Waals surface area contributed by atoms with Gasteiger partial charge in [0.25, 0.3) is 5.56 Å². The molecule has 0 bridgehead atoms. The number of hydrogen-bond acceptors (Lipinski definition) is 3. The second-order valence-electron chi connectivity index (χ2n) is 3.99. The lowest BCUT2D eigenvalue weighted by molar-refractivity contribution is 0.484. The molecule has 0 unspecified atom stereocenters. The van der Waals surface area contributed by atoms with Gasteiger partial charge in [0.2, 0.25) is 0 Å². The quantitative estimate of drug-likeness (QED) is 0.802. The van der Waals surface area contributed by atoms with Gasteiger partial charge in [0.15, 0.2) is 0 Å². The molecule has 0 amide bonds. The third-order valence-electron chi connectivity index (χ3n) is 3.00. The number of aromatic nitrogens is 2. The largest absolute Gasteiger partial charge is 0.356 e. The van der Waals surface area contributed by atoms with E-state index in [0.29, 0.717) is 5.92 Å². The summed E-state index contributed by atoms with van der Waals surface area (Å²) in [6.07, 6.45) is 3.79. The zero-order valence-corrected chi connectivity index (χ0v) is 10.4. The van der Waals surface area contributed by atoms with E-state index in [-0.39, 0.29) is 5.56 Å². The minimum absolute atomic E-state index is 0.0898. The van der Waals surface area contributed by atoms with Crippen molar-refractivity contribution in [1.82, 2.24) is 9.97 Å². The van der Waals surface area contributed by atoms with Crippen molar-refractivity contribution < 1.29 is 0 Å². The number of nitrogens with zero attached hydrogens (tertiary/aromatic N) is 2. The number of nitrogens with one attached hydrogen (secondary N) is 1. The van der Waals surface area contributed by atoms with Crippen LogP contribution in [0.3, 0.4) is 0 Å². The van der Waals surface area contributed by atoms with E-state index in [0.717, 1.165) is 31.7 Å². The predicted octanol–water partition coefficient (Wildman–Crippen LogP) is 2.03. The van der Waals surface area contributed by atoms with Crippen molar-refractivity contribution in [2.75, 3.05) is 18.0 Å². The van der Waals surface area contributed by atoms with Crippen LogP contribution in [-0.4, -0.2) is 23.1 Å². The fraction of sp³-hybridized carbons (Fsp3) is 0.667. The lowest BCUT2D eigenvalue weighted by Crippen LogP contribution is -2.30. The van der Waals surface area contributed by atoms with Crippen molar-refractivity contribution in [2.45, 2.75) is 33.6 Å². The van der Waals surface area contributed by atoms with Gasteiger partial charge in [0.1, 0.15) is 5.82 Å². The summed E-state index contributed by atoms with van der Waals surface area (Å²) in [5.41, 5.74) is -0.0898. The molecule has 90 valence electrons. The normalized spacial score (nSPS) is 10.8. The molecule has 1 rings (SSSR count). The van der Waals surface area contributed by atoms with E-state index in [1.165, 1.54) is 6.33 Å². The maximum absolute atomic E-state index is 11.2. The van der Waals surface area contributed by atoms with E-state index in [9.17, 15) is 4.79 Å². The average Bonchev–Trinajstić information content (AvgIpc) is 2.31. The smallest absolute Gasteiger partial charge is 0.252 e. The highest BCUT2D eigenvalue weighted by Gasteiger charge is 2.11. The summed E-state index contributed by atoms with van der Waals surface area (Å²) in [6.45, 7) is 8.35. The molecular formula is C12H21N3O. The molecule has 0 atom stereocenters. The molecule has 0 saturated heterocycles. The highest BCUT2D eigenvalue weighted by molar-refractivity contribution is 5.36. The second kappa shape index (κ2) is 6.30. The fourth-order valence-corrected chi connectivity index (χ4v) is 1.77. The summed E-state index contributed by atoms with van der Waals surface area (Å²) in [6, 6.07) is 1.56. The fourth-order valence-electron chi connectivity index (χ4n) is 1.77. The van der Waals surface area contributed by atoms with Gasteiger partial charge in [-0.3, -0.25) is 4.79 Å². The number of aromatic amines is 1. The Morgan fingerprint density at radius 2 is 2.06 bits per heavy atom. The van der Waals surface area contributed by atoms with Crippen LogP contribution in [0.25, 0.3) is 0 Å². The van der Waals surface area contributed by atoms with Crippen LogP contribution in [0.4, 0.5) is 5.82 Å². The van der Waals surface area contributed by atoms with Gasteiger partial charge in [-0.1, -0.05) is 26.7 Å². The summed E-state index contributed by atoms with van der Waals surface area (Å²) in [4.78, 5) is 20.1. The predicted molar refractivity (Wildman–Crippen MR) is 66.8 cm³/mol. The number of anilines is 1. The SMILES string of the molecule is CCC(CC)CN(CC)c1cc(=O)[nH]cn1. The topological polar surface area (TPSA) is 49.0 Å². The van der Waals surface area contributed by atoms with E-state index >= 15 is 0 Å². The molecule has 0 aliphatic heterocycles. The Bertz CT molecular complexity index is 357. The lowest BCUT2D eigenvalue weighted by Gasteiger charge is -2.25. The molecule has 0 aliphatic rings. The zero-order chi connectivity index (χ0) is 12.0. The van der Waals surface area contributed by atoms with Crippen LogP contribution in [0.2, 0.25) is 0 Å². The van der Waals surface area contributed by atoms with Crippen molar-refractivity contribution in [3.63, 3.8) is 0 Å². The molecule has 1 heterocycles. The molecule has 0 aliphatic carbocycles. The molecule has 0 aromatic carbocycles. The van der Waals surface area contributed by atoms with Crippen LogP contribution in [0.1, 0.15) is 33.6 Å². The van der Waals surface area contributed by atoms with Crippen LogP contribution in [0, 0.1) is 5.92 Å². The molecule has 0 radical (unpaired) electrons. The van der Waals surface area contributed by atoms with Crippen LogP contribution < -0.4 is 10.5 Å². The van der Waals surface area contributed by atoms with Crippen LogP contribution in [0.15, 0.2) is 17.2 Å². The van der Waals surface area contributed by atoms with Crippen LogP contribution in [0.5, 0.6) is 0 Å². The van der Waals surface area contributed by atoms with Crippen molar-refractivity contribution in [2.24, 2.45) is 5.92 Å². The minimum atomic E-state index is -0.0898. The van der Waals surface area contributed by atoms with E-state index in [1.54, 1.807) is 6.07 Å².